The number of fused-ring (bicyclic) bond motifs is 2. The fourth-order valence-corrected chi connectivity index (χ4v) is 3.65. The second kappa shape index (κ2) is 7.08. The monoisotopic (exact) mass is 382 g/mol. The Labute approximate surface area is 162 Å². The van der Waals surface area contributed by atoms with E-state index >= 15 is 0 Å². The molecule has 1 aromatic heterocycles. The predicted octanol–water partition coefficient (Wildman–Crippen LogP) is 0.234. The maximum Gasteiger partial charge on any atom is 0.335 e. The van der Waals surface area contributed by atoms with Gasteiger partial charge in [0.25, 0.3) is 0 Å². The van der Waals surface area contributed by atoms with Crippen LogP contribution < -0.4 is 5.43 Å². The highest BCUT2D eigenvalue weighted by molar-refractivity contribution is 5.89. The summed E-state index contributed by atoms with van der Waals surface area (Å²) in [6.45, 7) is 0.563. The van der Waals surface area contributed by atoms with Crippen LogP contribution >= 0.6 is 0 Å². The summed E-state index contributed by atoms with van der Waals surface area (Å²) in [6, 6.07) is 9.46. The molecular formula is C19H22N6O3. The van der Waals surface area contributed by atoms with Gasteiger partial charge in [0, 0.05) is 32.2 Å². The average Bonchev–Trinajstić information content (AvgIpc) is 2.69. The molecule has 4 rings (SSSR count). The number of amides is 4. The summed E-state index contributed by atoms with van der Waals surface area (Å²) in [5.41, 5.74) is 4.66. The van der Waals surface area contributed by atoms with Crippen LogP contribution in [0.3, 0.4) is 0 Å². The molecule has 2 saturated heterocycles. The molecule has 0 spiro atoms. The second-order valence-electron chi connectivity index (χ2n) is 7.15. The lowest BCUT2D eigenvalue weighted by molar-refractivity contribution is -0.162. The molecule has 0 aliphatic carbocycles. The maximum absolute atomic E-state index is 12.7. The lowest BCUT2D eigenvalue weighted by atomic mass is 10.1. The minimum absolute atomic E-state index is 0.00337. The Hall–Kier alpha value is -3.20. The number of rotatable bonds is 2. The summed E-state index contributed by atoms with van der Waals surface area (Å²) in [7, 11) is 3.30. The first-order valence-corrected chi connectivity index (χ1v) is 9.09. The van der Waals surface area contributed by atoms with E-state index in [0.29, 0.717) is 6.54 Å². The molecule has 1 N–H and O–H groups in total. The molecule has 0 saturated carbocycles. The van der Waals surface area contributed by atoms with Gasteiger partial charge in [0.15, 0.2) is 0 Å². The zero-order valence-electron chi connectivity index (χ0n) is 15.8. The van der Waals surface area contributed by atoms with Crippen molar-refractivity contribution in [1.29, 1.82) is 0 Å². The van der Waals surface area contributed by atoms with Crippen molar-refractivity contribution in [3.8, 4) is 0 Å². The second-order valence-corrected chi connectivity index (χ2v) is 7.15. The lowest BCUT2D eigenvalue weighted by Gasteiger charge is -2.49. The van der Waals surface area contributed by atoms with Gasteiger partial charge in [-0.25, -0.2) is 15.2 Å². The smallest absolute Gasteiger partial charge is 0.333 e. The third-order valence-electron chi connectivity index (χ3n) is 5.09. The van der Waals surface area contributed by atoms with Crippen molar-refractivity contribution in [3.05, 3.63) is 42.1 Å². The molecule has 1 aromatic carbocycles. The summed E-state index contributed by atoms with van der Waals surface area (Å²) in [6.07, 6.45) is 1.18. The van der Waals surface area contributed by atoms with Gasteiger partial charge < -0.3 is 14.7 Å². The Kier molecular flexibility index (Phi) is 4.60. The summed E-state index contributed by atoms with van der Waals surface area (Å²) >= 11 is 0. The number of carbonyl (C=O) groups excluding carboxylic acids is 3. The Morgan fingerprint density at radius 3 is 2.79 bits per heavy atom. The Bertz CT molecular complexity index is 941. The van der Waals surface area contributed by atoms with Gasteiger partial charge in [-0.1, -0.05) is 24.3 Å². The number of pyridine rings is 1. The number of nitrogens with zero attached hydrogens (tertiary/aromatic N) is 5. The topological polar surface area (TPSA) is 89.1 Å². The van der Waals surface area contributed by atoms with Gasteiger partial charge in [-0.3, -0.25) is 14.6 Å². The van der Waals surface area contributed by atoms with Crippen LogP contribution in [-0.2, 0) is 16.1 Å². The standard InChI is InChI=1S/C19H22N6O3/c1-22(2)19(28)25-15-11-23(17(27)12-24(15)16(26)9-21-25)10-14-6-3-5-13-7-4-8-20-18(13)14/h3-8,15,21H,9-12H2,1-2H3. The number of aromatic nitrogens is 1. The van der Waals surface area contributed by atoms with Crippen molar-refractivity contribution >= 4 is 28.7 Å². The minimum Gasteiger partial charge on any atom is -0.333 e. The van der Waals surface area contributed by atoms with Crippen LogP contribution in [0.15, 0.2) is 36.5 Å². The van der Waals surface area contributed by atoms with Crippen LogP contribution in [0.2, 0.25) is 0 Å². The minimum atomic E-state index is -0.545. The highest BCUT2D eigenvalue weighted by Crippen LogP contribution is 2.22. The van der Waals surface area contributed by atoms with Crippen LogP contribution in [0, 0.1) is 0 Å². The molecule has 9 heteroatoms. The Morgan fingerprint density at radius 1 is 1.21 bits per heavy atom. The van der Waals surface area contributed by atoms with Gasteiger partial charge in [-0.15, -0.1) is 0 Å². The number of benzene rings is 1. The van der Waals surface area contributed by atoms with Crippen LogP contribution in [0.1, 0.15) is 5.56 Å². The number of urea groups is 1. The van der Waals surface area contributed by atoms with E-state index in [0.717, 1.165) is 16.5 Å². The number of carbonyl (C=O) groups is 3. The molecule has 2 aliphatic rings. The number of hydrazine groups is 1. The molecule has 28 heavy (non-hydrogen) atoms. The number of hydrogen-bond acceptors (Lipinski definition) is 5. The Balaban J connectivity index is 1.61. The molecule has 146 valence electrons. The quantitative estimate of drug-likeness (QED) is 0.803. The molecule has 0 radical (unpaired) electrons. The van der Waals surface area contributed by atoms with Crippen LogP contribution in [0.25, 0.3) is 10.9 Å². The first kappa shape index (κ1) is 18.2. The normalized spacial score (nSPS) is 19.8. The fraction of sp³-hybridized carbons (Fsp3) is 0.368. The highest BCUT2D eigenvalue weighted by Gasteiger charge is 2.43. The third kappa shape index (κ3) is 3.13. The van der Waals surface area contributed by atoms with Crippen LogP contribution in [-0.4, -0.2) is 82.4 Å². The van der Waals surface area contributed by atoms with Gasteiger partial charge in [0.2, 0.25) is 11.8 Å². The third-order valence-corrected chi connectivity index (χ3v) is 5.09. The average molecular weight is 382 g/mol. The molecule has 1 atom stereocenters. The van der Waals surface area contributed by atoms with Crippen LogP contribution in [0.4, 0.5) is 4.79 Å². The highest BCUT2D eigenvalue weighted by atomic mass is 16.2. The first-order chi connectivity index (χ1) is 13.5. The van der Waals surface area contributed by atoms with Crippen molar-refractivity contribution in [2.75, 3.05) is 33.7 Å². The van der Waals surface area contributed by atoms with E-state index in [9.17, 15) is 14.4 Å². The van der Waals surface area contributed by atoms with Crippen molar-refractivity contribution < 1.29 is 14.4 Å². The van der Waals surface area contributed by atoms with Crippen molar-refractivity contribution in [1.82, 2.24) is 30.1 Å². The van der Waals surface area contributed by atoms with E-state index in [1.54, 1.807) is 25.2 Å². The van der Waals surface area contributed by atoms with E-state index in [-0.39, 0.29) is 37.5 Å². The molecule has 0 bridgehead atoms. The number of nitrogens with one attached hydrogen (secondary N) is 1. The van der Waals surface area contributed by atoms with Gasteiger partial charge >= 0.3 is 6.03 Å². The van der Waals surface area contributed by atoms with Gasteiger partial charge in [-0.2, -0.15) is 0 Å². The zero-order valence-corrected chi connectivity index (χ0v) is 15.8. The maximum atomic E-state index is 12.7. The van der Waals surface area contributed by atoms with E-state index < -0.39 is 6.17 Å². The number of piperazine rings is 1. The molecule has 2 aromatic rings. The van der Waals surface area contributed by atoms with Gasteiger partial charge in [-0.05, 0) is 11.6 Å². The number of para-hydroxylation sites is 1. The van der Waals surface area contributed by atoms with Gasteiger partial charge in [0.05, 0.1) is 18.6 Å². The zero-order chi connectivity index (χ0) is 19.8. The van der Waals surface area contributed by atoms with Crippen molar-refractivity contribution in [2.45, 2.75) is 12.7 Å². The van der Waals surface area contributed by atoms with Gasteiger partial charge in [0.1, 0.15) is 12.7 Å². The molecule has 2 fully saturated rings. The Morgan fingerprint density at radius 2 is 2.00 bits per heavy atom. The molecule has 2 aliphatic heterocycles. The summed E-state index contributed by atoms with van der Waals surface area (Å²) in [5.74, 6) is -0.329. The van der Waals surface area contributed by atoms with E-state index in [1.807, 2.05) is 30.3 Å². The van der Waals surface area contributed by atoms with Crippen molar-refractivity contribution in [2.24, 2.45) is 0 Å². The lowest BCUT2D eigenvalue weighted by Crippen LogP contribution is -2.73. The molecule has 4 amide bonds. The van der Waals surface area contributed by atoms with E-state index in [2.05, 4.69) is 10.4 Å². The summed E-state index contributed by atoms with van der Waals surface area (Å²) < 4.78 is 0. The summed E-state index contributed by atoms with van der Waals surface area (Å²) in [4.78, 5) is 46.6. The number of hydrogen-bond donors (Lipinski definition) is 1. The predicted molar refractivity (Wildman–Crippen MR) is 102 cm³/mol. The molecule has 9 nitrogen and oxygen atoms in total. The SMILES string of the molecule is CN(C)C(=O)N1NCC(=O)N2CC(=O)N(Cc3cccc4cccnc34)CC21. The van der Waals surface area contributed by atoms with E-state index in [1.165, 1.54) is 14.8 Å². The molecule has 3 heterocycles. The first-order valence-electron chi connectivity index (χ1n) is 9.09. The largest absolute Gasteiger partial charge is 0.335 e. The van der Waals surface area contributed by atoms with Crippen molar-refractivity contribution in [3.63, 3.8) is 0 Å². The van der Waals surface area contributed by atoms with Crippen LogP contribution in [0.5, 0.6) is 0 Å². The fourth-order valence-electron chi connectivity index (χ4n) is 3.65. The van der Waals surface area contributed by atoms with E-state index in [4.69, 9.17) is 0 Å². The molecule has 1 unspecified atom stereocenters. The molecular weight excluding hydrogens is 360 g/mol. The summed E-state index contributed by atoms with van der Waals surface area (Å²) in [5, 5.41) is 2.44.